The molecule has 1 amide bonds. The third kappa shape index (κ3) is 4.78. The van der Waals surface area contributed by atoms with Crippen LogP contribution in [0, 0.1) is 0 Å². The van der Waals surface area contributed by atoms with Crippen LogP contribution in [0.2, 0.25) is 0 Å². The third-order valence-electron chi connectivity index (χ3n) is 5.67. The molecule has 2 aromatic carbocycles. The Labute approximate surface area is 196 Å². The molecule has 7 nitrogen and oxygen atoms in total. The number of anilines is 1. The maximum absolute atomic E-state index is 12.6. The number of carbonyl (C=O) groups excluding carboxylic acids is 1. The average molecular weight is 461 g/mol. The van der Waals surface area contributed by atoms with E-state index in [9.17, 15) is 9.90 Å². The first-order valence-electron chi connectivity index (χ1n) is 10.9. The molecule has 1 atom stereocenters. The molecule has 2 fully saturated rings. The molecular formula is C25H24N4O3S. The molecule has 2 N–H and O–H groups in total. The van der Waals surface area contributed by atoms with Gasteiger partial charge in [0.1, 0.15) is 6.04 Å². The zero-order chi connectivity index (χ0) is 22.6. The molecule has 33 heavy (non-hydrogen) atoms. The second kappa shape index (κ2) is 9.74. The number of amides is 1. The number of aromatic nitrogens is 1. The summed E-state index contributed by atoms with van der Waals surface area (Å²) in [5.74, 6) is -0.191. The fourth-order valence-corrected chi connectivity index (χ4v) is 4.87. The Morgan fingerprint density at radius 1 is 1.18 bits per heavy atom. The van der Waals surface area contributed by atoms with Gasteiger partial charge in [-0.05, 0) is 47.2 Å². The molecule has 0 aliphatic carbocycles. The predicted octanol–water partition coefficient (Wildman–Crippen LogP) is 3.36. The first kappa shape index (κ1) is 21.6. The van der Waals surface area contributed by atoms with Crippen LogP contribution < -0.4 is 10.2 Å². The summed E-state index contributed by atoms with van der Waals surface area (Å²) in [5, 5.41) is 14.1. The van der Waals surface area contributed by atoms with Crippen molar-refractivity contribution >= 4 is 45.5 Å². The van der Waals surface area contributed by atoms with E-state index in [1.54, 1.807) is 0 Å². The van der Waals surface area contributed by atoms with Crippen molar-refractivity contribution in [3.63, 3.8) is 0 Å². The lowest BCUT2D eigenvalue weighted by Gasteiger charge is -2.29. The summed E-state index contributed by atoms with van der Waals surface area (Å²) in [4.78, 5) is 24.5. The summed E-state index contributed by atoms with van der Waals surface area (Å²) >= 11 is 1.29. The quantitative estimate of drug-likeness (QED) is 0.568. The number of ether oxygens (including phenoxy) is 1. The zero-order valence-corrected chi connectivity index (χ0v) is 18.8. The van der Waals surface area contributed by atoms with E-state index < -0.39 is 6.04 Å². The molecule has 2 saturated heterocycles. The smallest absolute Gasteiger partial charge is 0.264 e. The Kier molecular flexibility index (Phi) is 6.39. The molecule has 2 aliphatic rings. The minimum absolute atomic E-state index is 0.134. The van der Waals surface area contributed by atoms with Crippen molar-refractivity contribution in [3.8, 4) is 0 Å². The largest absolute Gasteiger partial charge is 0.394 e. The van der Waals surface area contributed by atoms with Crippen molar-refractivity contribution in [3.05, 3.63) is 76.8 Å². The van der Waals surface area contributed by atoms with Gasteiger partial charge in [-0.15, -0.1) is 0 Å². The van der Waals surface area contributed by atoms with Gasteiger partial charge in [0, 0.05) is 30.4 Å². The highest BCUT2D eigenvalue weighted by Gasteiger charge is 2.25. The van der Waals surface area contributed by atoms with Gasteiger partial charge < -0.3 is 20.1 Å². The Morgan fingerprint density at radius 2 is 2.00 bits per heavy atom. The van der Waals surface area contributed by atoms with Gasteiger partial charge in [0.15, 0.2) is 5.17 Å². The molecule has 5 rings (SSSR count). The number of hydrogen-bond donors (Lipinski definition) is 2. The van der Waals surface area contributed by atoms with E-state index in [4.69, 9.17) is 4.74 Å². The number of pyridine rings is 1. The first-order valence-corrected chi connectivity index (χ1v) is 11.7. The highest BCUT2D eigenvalue weighted by atomic mass is 32.2. The summed E-state index contributed by atoms with van der Waals surface area (Å²) in [6.45, 7) is 2.98. The van der Waals surface area contributed by atoms with Crippen molar-refractivity contribution in [2.75, 3.05) is 37.8 Å². The highest BCUT2D eigenvalue weighted by molar-refractivity contribution is 8.18. The van der Waals surface area contributed by atoms with Crippen LogP contribution in [0.1, 0.15) is 17.2 Å². The Bertz CT molecular complexity index is 1220. The molecule has 0 unspecified atom stereocenters. The number of aliphatic imine (C=N–C) groups is 1. The average Bonchev–Trinajstić information content (AvgIpc) is 3.21. The molecule has 3 aromatic rings. The lowest BCUT2D eigenvalue weighted by Crippen LogP contribution is -2.36. The molecule has 2 aliphatic heterocycles. The maximum atomic E-state index is 12.6. The Morgan fingerprint density at radius 3 is 2.79 bits per heavy atom. The standard InChI is InChI=1S/C25H24N4O3S/c30-16-21(18-4-2-1-3-5-18)27-25-28-24(31)23(33-25)15-17-6-7-20-19(14-17)22(8-9-26-20)29-10-12-32-13-11-29/h1-9,14-15,21,30H,10-13,16H2,(H,27,28,31)/t21-/m0/s1. The number of fused-ring (bicyclic) bond motifs is 1. The van der Waals surface area contributed by atoms with Gasteiger partial charge in [-0.1, -0.05) is 36.4 Å². The van der Waals surface area contributed by atoms with Crippen molar-refractivity contribution < 1.29 is 14.6 Å². The number of thioether (sulfide) groups is 1. The molecule has 8 heteroatoms. The van der Waals surface area contributed by atoms with E-state index >= 15 is 0 Å². The van der Waals surface area contributed by atoms with Crippen LogP contribution in [0.15, 0.2) is 70.7 Å². The number of carbonyl (C=O) groups is 1. The lowest BCUT2D eigenvalue weighted by molar-refractivity contribution is -0.115. The summed E-state index contributed by atoms with van der Waals surface area (Å²) in [6.07, 6.45) is 3.70. The van der Waals surface area contributed by atoms with Gasteiger partial charge in [-0.2, -0.15) is 0 Å². The van der Waals surface area contributed by atoms with E-state index in [-0.39, 0.29) is 12.5 Å². The van der Waals surface area contributed by atoms with Crippen LogP contribution in [0.5, 0.6) is 0 Å². The van der Waals surface area contributed by atoms with E-state index in [0.717, 1.165) is 40.8 Å². The number of aliphatic hydroxyl groups is 1. The van der Waals surface area contributed by atoms with Crippen molar-refractivity contribution in [2.24, 2.45) is 4.99 Å². The van der Waals surface area contributed by atoms with Gasteiger partial charge in [-0.3, -0.25) is 14.8 Å². The summed E-state index contributed by atoms with van der Waals surface area (Å²) in [7, 11) is 0. The topological polar surface area (TPSA) is 87.0 Å². The van der Waals surface area contributed by atoms with Crippen LogP contribution in [0.3, 0.4) is 0 Å². The molecule has 3 heterocycles. The predicted molar refractivity (Wildman–Crippen MR) is 132 cm³/mol. The third-order valence-corrected chi connectivity index (χ3v) is 6.60. The summed E-state index contributed by atoms with van der Waals surface area (Å²) < 4.78 is 5.49. The number of nitrogens with one attached hydrogen (secondary N) is 1. The van der Waals surface area contributed by atoms with Crippen molar-refractivity contribution in [1.82, 2.24) is 10.3 Å². The lowest BCUT2D eigenvalue weighted by atomic mass is 10.1. The Hall–Kier alpha value is -3.20. The monoisotopic (exact) mass is 460 g/mol. The zero-order valence-electron chi connectivity index (χ0n) is 18.0. The highest BCUT2D eigenvalue weighted by Crippen LogP contribution is 2.31. The van der Waals surface area contributed by atoms with Gasteiger partial charge in [-0.25, -0.2) is 0 Å². The van der Waals surface area contributed by atoms with Gasteiger partial charge in [0.2, 0.25) is 0 Å². The fraction of sp³-hybridized carbons (Fsp3) is 0.240. The van der Waals surface area contributed by atoms with Gasteiger partial charge in [0.25, 0.3) is 5.91 Å². The van der Waals surface area contributed by atoms with E-state index in [1.165, 1.54) is 11.8 Å². The number of hydrogen-bond acceptors (Lipinski definition) is 7. The Balaban J connectivity index is 1.42. The number of aliphatic hydroxyl groups excluding tert-OH is 1. The minimum atomic E-state index is -0.420. The van der Waals surface area contributed by atoms with Crippen LogP contribution in [-0.2, 0) is 9.53 Å². The van der Waals surface area contributed by atoms with Crippen LogP contribution >= 0.6 is 11.8 Å². The first-order chi connectivity index (χ1) is 16.2. The van der Waals surface area contributed by atoms with Crippen LogP contribution in [0.4, 0.5) is 5.69 Å². The SMILES string of the molecule is O=C1NC(=N[C@@H](CO)c2ccccc2)SC1=Cc1ccc2nccc(N3CCOCC3)c2c1. The molecule has 0 radical (unpaired) electrons. The van der Waals surface area contributed by atoms with Crippen molar-refractivity contribution in [2.45, 2.75) is 6.04 Å². The number of nitrogens with zero attached hydrogens (tertiary/aromatic N) is 3. The van der Waals surface area contributed by atoms with E-state index in [1.807, 2.05) is 60.8 Å². The van der Waals surface area contributed by atoms with Crippen molar-refractivity contribution in [1.29, 1.82) is 0 Å². The second-order valence-electron chi connectivity index (χ2n) is 7.81. The molecule has 168 valence electrons. The molecular weight excluding hydrogens is 436 g/mol. The molecule has 0 saturated carbocycles. The number of amidine groups is 1. The summed E-state index contributed by atoms with van der Waals surface area (Å²) in [5.41, 5.74) is 3.87. The molecule has 0 bridgehead atoms. The fourth-order valence-electron chi connectivity index (χ4n) is 4.00. The minimum Gasteiger partial charge on any atom is -0.394 e. The number of rotatable bonds is 5. The molecule has 1 aromatic heterocycles. The number of morpholine rings is 1. The van der Waals surface area contributed by atoms with Gasteiger partial charge >= 0.3 is 0 Å². The molecule has 0 spiro atoms. The van der Waals surface area contributed by atoms with Crippen LogP contribution in [0.25, 0.3) is 17.0 Å². The normalized spacial score (nSPS) is 19.9. The number of benzene rings is 2. The summed E-state index contributed by atoms with van der Waals surface area (Å²) in [6, 6.07) is 17.2. The van der Waals surface area contributed by atoms with Gasteiger partial charge in [0.05, 0.1) is 30.2 Å². The second-order valence-corrected chi connectivity index (χ2v) is 8.84. The maximum Gasteiger partial charge on any atom is 0.264 e. The van der Waals surface area contributed by atoms with Crippen LogP contribution in [-0.4, -0.2) is 54.1 Å². The van der Waals surface area contributed by atoms with E-state index in [0.29, 0.717) is 23.3 Å². The van der Waals surface area contributed by atoms with E-state index in [2.05, 4.69) is 26.3 Å².